The van der Waals surface area contributed by atoms with Gasteiger partial charge in [-0.2, -0.15) is 0 Å². The van der Waals surface area contributed by atoms with Crippen LogP contribution in [0.1, 0.15) is 46.7 Å². The van der Waals surface area contributed by atoms with Crippen molar-refractivity contribution in [2.24, 2.45) is 18.7 Å². The molecule has 2 saturated heterocycles. The molecule has 46 heavy (non-hydrogen) atoms. The molecule has 12 heteroatoms. The first-order valence-corrected chi connectivity index (χ1v) is 15.5. The third-order valence-corrected chi connectivity index (χ3v) is 9.35. The Labute approximate surface area is 266 Å². The summed E-state index contributed by atoms with van der Waals surface area (Å²) in [4.78, 5) is 59.5. The SMILES string of the molecule is Cn1ccc2c(=O)n(CC3(O)CCN(C(=O)[C@@H]4CCN(C(=O)c5ccc(COC(N)=O)cc5)C[C@H]4c4ccccc4)CC3)cnc21. The zero-order chi connectivity index (χ0) is 32.4. The maximum atomic E-state index is 14.0. The van der Waals surface area contributed by atoms with Gasteiger partial charge in [-0.3, -0.25) is 19.0 Å². The van der Waals surface area contributed by atoms with Crippen LogP contribution in [-0.2, 0) is 29.7 Å². The Morgan fingerprint density at radius 1 is 1.00 bits per heavy atom. The first-order chi connectivity index (χ1) is 22.1. The molecule has 3 N–H and O–H groups in total. The third kappa shape index (κ3) is 6.38. The number of aryl methyl sites for hydroxylation is 1. The van der Waals surface area contributed by atoms with Gasteiger partial charge in [-0.1, -0.05) is 42.5 Å². The van der Waals surface area contributed by atoms with Gasteiger partial charge in [0.05, 0.1) is 17.5 Å². The van der Waals surface area contributed by atoms with Crippen molar-refractivity contribution in [1.82, 2.24) is 23.9 Å². The van der Waals surface area contributed by atoms with E-state index in [4.69, 9.17) is 10.5 Å². The van der Waals surface area contributed by atoms with Gasteiger partial charge >= 0.3 is 6.09 Å². The number of aromatic nitrogens is 3. The summed E-state index contributed by atoms with van der Waals surface area (Å²) in [7, 11) is 1.83. The van der Waals surface area contributed by atoms with Gasteiger partial charge < -0.3 is 29.9 Å². The second-order valence-electron chi connectivity index (χ2n) is 12.4. The lowest BCUT2D eigenvalue weighted by Gasteiger charge is -2.43. The molecule has 2 aliphatic rings. The number of piperidine rings is 2. The molecular weight excluding hydrogens is 588 g/mol. The topological polar surface area (TPSA) is 153 Å². The lowest BCUT2D eigenvalue weighted by molar-refractivity contribution is -0.142. The van der Waals surface area contributed by atoms with Gasteiger partial charge in [-0.15, -0.1) is 0 Å². The monoisotopic (exact) mass is 626 g/mol. The summed E-state index contributed by atoms with van der Waals surface area (Å²) in [5, 5.41) is 11.9. The van der Waals surface area contributed by atoms with Crippen LogP contribution in [0.2, 0.25) is 0 Å². The molecule has 2 aliphatic heterocycles. The number of primary amides is 1. The van der Waals surface area contributed by atoms with Gasteiger partial charge in [0.25, 0.3) is 11.5 Å². The van der Waals surface area contributed by atoms with Crippen molar-refractivity contribution in [3.8, 4) is 0 Å². The molecule has 4 aromatic rings. The van der Waals surface area contributed by atoms with Crippen LogP contribution in [0.5, 0.6) is 0 Å². The highest BCUT2D eigenvalue weighted by atomic mass is 16.5. The van der Waals surface area contributed by atoms with Gasteiger partial charge in [0.2, 0.25) is 5.91 Å². The third-order valence-electron chi connectivity index (χ3n) is 9.35. The molecule has 2 aromatic carbocycles. The Bertz CT molecular complexity index is 1790. The maximum Gasteiger partial charge on any atom is 0.404 e. The number of amides is 3. The van der Waals surface area contributed by atoms with Crippen molar-refractivity contribution >= 4 is 28.9 Å². The number of benzene rings is 2. The Morgan fingerprint density at radius 3 is 2.41 bits per heavy atom. The van der Waals surface area contributed by atoms with Crippen molar-refractivity contribution < 1.29 is 24.2 Å². The number of fused-ring (bicyclic) bond motifs is 1. The number of nitrogens with zero attached hydrogens (tertiary/aromatic N) is 5. The summed E-state index contributed by atoms with van der Waals surface area (Å²) in [5.74, 6) is -0.627. The fourth-order valence-electron chi connectivity index (χ4n) is 6.70. The summed E-state index contributed by atoms with van der Waals surface area (Å²) >= 11 is 0. The maximum absolute atomic E-state index is 14.0. The van der Waals surface area contributed by atoms with Gasteiger partial charge in [-0.25, -0.2) is 9.78 Å². The number of rotatable bonds is 7. The molecule has 4 heterocycles. The fraction of sp³-hybridized carbons (Fsp3) is 0.382. The summed E-state index contributed by atoms with van der Waals surface area (Å²) in [6.07, 6.45) is 3.59. The van der Waals surface area contributed by atoms with E-state index in [1.807, 2.05) is 42.3 Å². The van der Waals surface area contributed by atoms with E-state index in [0.29, 0.717) is 62.0 Å². The molecule has 0 spiro atoms. The van der Waals surface area contributed by atoms with Crippen LogP contribution in [0, 0.1) is 5.92 Å². The van der Waals surface area contributed by atoms with Gasteiger partial charge in [-0.05, 0) is 48.6 Å². The van der Waals surface area contributed by atoms with Crippen molar-refractivity contribution in [3.63, 3.8) is 0 Å². The normalized spacial score (nSPS) is 19.6. The number of carbonyl (C=O) groups excluding carboxylic acids is 3. The highest BCUT2D eigenvalue weighted by Crippen LogP contribution is 2.36. The lowest BCUT2D eigenvalue weighted by Crippen LogP contribution is -2.53. The molecular formula is C34H38N6O6. The Hall–Kier alpha value is -4.97. The Morgan fingerprint density at radius 2 is 1.72 bits per heavy atom. The van der Waals surface area contributed by atoms with Crippen LogP contribution in [0.15, 0.2) is 78.0 Å². The Kier molecular flexibility index (Phi) is 8.63. The predicted octanol–water partition coefficient (Wildman–Crippen LogP) is 2.63. The van der Waals surface area contributed by atoms with Crippen molar-refractivity contribution in [3.05, 3.63) is 100 Å². The molecule has 0 unspecified atom stereocenters. The minimum atomic E-state index is -1.14. The van der Waals surface area contributed by atoms with Crippen LogP contribution in [-0.4, -0.2) is 78.7 Å². The van der Waals surface area contributed by atoms with Crippen LogP contribution < -0.4 is 11.3 Å². The molecule has 3 amide bonds. The molecule has 2 atom stereocenters. The van der Waals surface area contributed by atoms with E-state index in [9.17, 15) is 24.3 Å². The number of aliphatic hydroxyl groups is 1. The number of ether oxygens (including phenoxy) is 1. The van der Waals surface area contributed by atoms with E-state index >= 15 is 0 Å². The van der Waals surface area contributed by atoms with Crippen LogP contribution in [0.3, 0.4) is 0 Å². The number of hydrogen-bond acceptors (Lipinski definition) is 7. The van der Waals surface area contributed by atoms with E-state index in [2.05, 4.69) is 4.98 Å². The smallest absolute Gasteiger partial charge is 0.404 e. The first-order valence-electron chi connectivity index (χ1n) is 15.5. The average molecular weight is 627 g/mol. The molecule has 2 aromatic heterocycles. The molecule has 0 bridgehead atoms. The fourth-order valence-corrected chi connectivity index (χ4v) is 6.70. The largest absolute Gasteiger partial charge is 0.445 e. The number of nitrogens with two attached hydrogens (primary N) is 1. The van der Waals surface area contributed by atoms with E-state index in [1.165, 1.54) is 10.9 Å². The van der Waals surface area contributed by atoms with Crippen molar-refractivity contribution in [2.75, 3.05) is 26.2 Å². The van der Waals surface area contributed by atoms with Crippen molar-refractivity contribution in [2.45, 2.75) is 43.9 Å². The van der Waals surface area contributed by atoms with Gasteiger partial charge in [0.1, 0.15) is 18.6 Å². The highest BCUT2D eigenvalue weighted by Gasteiger charge is 2.41. The van der Waals surface area contributed by atoms with E-state index in [0.717, 1.165) is 11.1 Å². The van der Waals surface area contributed by atoms with E-state index in [1.54, 1.807) is 46.0 Å². The molecule has 240 valence electrons. The molecule has 0 aliphatic carbocycles. The molecule has 12 nitrogen and oxygen atoms in total. The zero-order valence-corrected chi connectivity index (χ0v) is 25.7. The molecule has 0 saturated carbocycles. The van der Waals surface area contributed by atoms with Crippen LogP contribution in [0.4, 0.5) is 4.79 Å². The zero-order valence-electron chi connectivity index (χ0n) is 25.7. The number of carbonyl (C=O) groups is 3. The molecule has 2 fully saturated rings. The Balaban J connectivity index is 1.12. The van der Waals surface area contributed by atoms with Gasteiger partial charge in [0.15, 0.2) is 0 Å². The lowest BCUT2D eigenvalue weighted by atomic mass is 9.79. The summed E-state index contributed by atoms with van der Waals surface area (Å²) in [5.41, 5.74) is 6.53. The van der Waals surface area contributed by atoms with Gasteiger partial charge in [0, 0.05) is 56.8 Å². The van der Waals surface area contributed by atoms with Crippen LogP contribution in [0.25, 0.3) is 11.0 Å². The van der Waals surface area contributed by atoms with E-state index in [-0.39, 0.29) is 42.4 Å². The summed E-state index contributed by atoms with van der Waals surface area (Å²) in [6, 6.07) is 18.4. The number of hydrogen-bond donors (Lipinski definition) is 2. The minimum absolute atomic E-state index is 0.0198. The molecule has 0 radical (unpaired) electrons. The second kappa shape index (κ2) is 12.8. The van der Waals surface area contributed by atoms with Crippen LogP contribution >= 0.6 is 0 Å². The quantitative estimate of drug-likeness (QED) is 0.320. The van der Waals surface area contributed by atoms with Crippen molar-refractivity contribution in [1.29, 1.82) is 0 Å². The second-order valence-corrected chi connectivity index (χ2v) is 12.4. The summed E-state index contributed by atoms with van der Waals surface area (Å²) < 4.78 is 8.07. The van der Waals surface area contributed by atoms with E-state index < -0.39 is 11.7 Å². The minimum Gasteiger partial charge on any atom is -0.445 e. The molecule has 6 rings (SSSR count). The first kappa shape index (κ1) is 31.0. The standard InChI is InChI=1S/C34H38N6O6/c1-37-15-11-27-29(37)36-22-40(32(27)43)21-34(45)13-17-38(18-14-34)31(42)26-12-16-39(19-28(26)24-5-3-2-4-6-24)30(41)25-9-7-23(8-10-25)20-46-33(35)44/h2-11,15,22,26,28,45H,12-14,16-21H2,1H3,(H2,35,44)/t26-,28+/m1/s1. The predicted molar refractivity (Wildman–Crippen MR) is 170 cm³/mol. The highest BCUT2D eigenvalue weighted by molar-refractivity contribution is 5.94. The summed E-state index contributed by atoms with van der Waals surface area (Å²) in [6.45, 7) is 1.70. The number of likely N-dealkylation sites (tertiary alicyclic amines) is 2. The average Bonchev–Trinajstić information content (AvgIpc) is 3.46.